The van der Waals surface area contributed by atoms with E-state index in [1.807, 2.05) is 8.91 Å². The van der Waals surface area contributed by atoms with Crippen molar-refractivity contribution in [2.75, 3.05) is 13.1 Å². The van der Waals surface area contributed by atoms with Crippen LogP contribution in [0.2, 0.25) is 0 Å². The van der Waals surface area contributed by atoms with Crippen LogP contribution in [0.15, 0.2) is 46.1 Å². The zero-order valence-corrected chi connectivity index (χ0v) is 18.1. The first kappa shape index (κ1) is 20.0. The minimum atomic E-state index is -0.471. The van der Waals surface area contributed by atoms with E-state index in [1.165, 1.54) is 16.8 Å². The number of carbonyl (C=O) groups is 1. The van der Waals surface area contributed by atoms with E-state index in [2.05, 4.69) is 20.4 Å². The number of nitrogens with one attached hydrogen (secondary N) is 2. The fraction of sp³-hybridized carbons (Fsp3) is 0.400. The Bertz CT molecular complexity index is 997. The number of nitrogens with zero attached hydrogens (tertiary/aromatic N) is 3. The van der Waals surface area contributed by atoms with E-state index in [-0.39, 0.29) is 17.5 Å². The van der Waals surface area contributed by atoms with Crippen LogP contribution < -0.4 is 14.4 Å². The van der Waals surface area contributed by atoms with Gasteiger partial charge in [-0.2, -0.15) is 0 Å². The van der Waals surface area contributed by atoms with Gasteiger partial charge in [-0.1, -0.05) is 6.58 Å². The Morgan fingerprint density at radius 1 is 1.28 bits per heavy atom. The number of amidine groups is 1. The van der Waals surface area contributed by atoms with E-state index < -0.39 is 26.8 Å². The topological polar surface area (TPSA) is 78.7 Å². The van der Waals surface area contributed by atoms with Crippen LogP contribution >= 0.6 is 21.0 Å². The first-order chi connectivity index (χ1) is 14.1. The van der Waals surface area contributed by atoms with E-state index in [0.29, 0.717) is 55.3 Å². The van der Waals surface area contributed by atoms with E-state index >= 15 is 0 Å². The summed E-state index contributed by atoms with van der Waals surface area (Å²) in [7, 11) is 0. The molecule has 3 aliphatic rings. The molecule has 1 amide bonds. The van der Waals surface area contributed by atoms with Crippen LogP contribution in [-0.4, -0.2) is 38.3 Å². The zero-order valence-electron chi connectivity index (χ0n) is 16.0. The second-order valence-corrected chi connectivity index (χ2v) is 8.96. The van der Waals surface area contributed by atoms with E-state index in [1.54, 1.807) is 6.08 Å². The highest BCUT2D eigenvalue weighted by Gasteiger charge is 2.31. The third-order valence-corrected chi connectivity index (χ3v) is 7.07. The normalized spacial score (nSPS) is 22.4. The smallest absolute Gasteiger partial charge is 0.256 e. The van der Waals surface area contributed by atoms with Gasteiger partial charge in [0.1, 0.15) is 17.5 Å². The quantitative estimate of drug-likeness (QED) is 0.448. The van der Waals surface area contributed by atoms with Crippen LogP contribution in [0, 0.1) is 5.82 Å². The Morgan fingerprint density at radius 2 is 2.14 bits per heavy atom. The lowest BCUT2D eigenvalue weighted by Crippen LogP contribution is -2.34. The first-order valence-electron chi connectivity index (χ1n) is 9.70. The molecule has 0 aromatic carbocycles. The number of pyridine rings is 1. The molecule has 0 saturated carbocycles. The van der Waals surface area contributed by atoms with Gasteiger partial charge >= 0.3 is 0 Å². The van der Waals surface area contributed by atoms with Gasteiger partial charge in [-0.3, -0.25) is 9.59 Å². The van der Waals surface area contributed by atoms with Gasteiger partial charge in [0.2, 0.25) is 0 Å². The Labute approximate surface area is 178 Å². The average Bonchev–Trinajstić information content (AvgIpc) is 3.36. The third-order valence-electron chi connectivity index (χ3n) is 5.31. The number of aromatic nitrogens is 1. The molecule has 154 valence electrons. The molecule has 2 N–H and O–H groups in total. The van der Waals surface area contributed by atoms with Crippen molar-refractivity contribution in [2.45, 2.75) is 38.3 Å². The molecular formula is C20H23FIN5O2. The molecule has 1 atom stereocenters. The molecule has 0 radical (unpaired) electrons. The van der Waals surface area contributed by atoms with Crippen molar-refractivity contribution < 1.29 is 9.18 Å². The van der Waals surface area contributed by atoms with Crippen molar-refractivity contribution in [3.63, 3.8) is 0 Å². The molecule has 1 saturated heterocycles. The number of aryl methyl sites for hydroxylation is 1. The molecular weight excluding hydrogens is 488 g/mol. The Morgan fingerprint density at radius 3 is 2.97 bits per heavy atom. The predicted molar refractivity (Wildman–Crippen MR) is 119 cm³/mol. The molecule has 4 heterocycles. The van der Waals surface area contributed by atoms with Crippen molar-refractivity contribution in [3.05, 3.63) is 58.0 Å². The summed E-state index contributed by atoms with van der Waals surface area (Å²) in [5.74, 6) is 0.573. The number of amides is 1. The van der Waals surface area contributed by atoms with E-state index in [0.717, 1.165) is 12.8 Å². The summed E-state index contributed by atoms with van der Waals surface area (Å²) in [5, 5.41) is 2.91. The maximum absolute atomic E-state index is 14.3. The van der Waals surface area contributed by atoms with Crippen LogP contribution in [0.3, 0.4) is 0 Å². The van der Waals surface area contributed by atoms with Gasteiger partial charge in [-0.15, -0.1) is 0 Å². The minimum Gasteiger partial charge on any atom is -0.352 e. The SMILES string of the molecule is C=CC1=NC2=C(C=IN2)C(=O)NCCCCn2cc(F)cc(c2=O)[C@H]2CCCN12. The van der Waals surface area contributed by atoms with Crippen LogP contribution in [-0.2, 0) is 11.3 Å². The summed E-state index contributed by atoms with van der Waals surface area (Å²) in [5.41, 5.74) is 0.852. The molecule has 1 aromatic rings. The van der Waals surface area contributed by atoms with Crippen LogP contribution in [0.1, 0.15) is 37.3 Å². The Balaban J connectivity index is 1.82. The Hall–Kier alpha value is -2.30. The summed E-state index contributed by atoms with van der Waals surface area (Å²) in [4.78, 5) is 32.3. The van der Waals surface area contributed by atoms with Gasteiger partial charge in [0.25, 0.3) is 11.5 Å². The van der Waals surface area contributed by atoms with Gasteiger partial charge in [0, 0.05) is 35.4 Å². The number of carbonyl (C=O) groups excluding carboxylic acids is 1. The van der Waals surface area contributed by atoms with E-state index in [4.69, 9.17) is 0 Å². The molecule has 7 nitrogen and oxygen atoms in total. The second-order valence-electron chi connectivity index (χ2n) is 7.18. The molecule has 29 heavy (non-hydrogen) atoms. The lowest BCUT2D eigenvalue weighted by Gasteiger charge is -2.27. The molecule has 4 rings (SSSR count). The molecule has 0 unspecified atom stereocenters. The molecule has 3 aliphatic heterocycles. The summed E-state index contributed by atoms with van der Waals surface area (Å²) >= 11 is -0.471. The first-order valence-corrected chi connectivity index (χ1v) is 12.0. The number of aliphatic imine (C=N–C) groups is 1. The van der Waals surface area contributed by atoms with Crippen molar-refractivity contribution >= 4 is 36.8 Å². The van der Waals surface area contributed by atoms with Gasteiger partial charge in [0.15, 0.2) is 0 Å². The summed E-state index contributed by atoms with van der Waals surface area (Å²) < 4.78 is 20.9. The molecule has 1 aromatic heterocycles. The third kappa shape index (κ3) is 4.05. The zero-order chi connectivity index (χ0) is 20.4. The molecule has 2 bridgehead atoms. The molecule has 9 heteroatoms. The van der Waals surface area contributed by atoms with Crippen molar-refractivity contribution in [1.82, 2.24) is 18.3 Å². The Kier molecular flexibility index (Phi) is 5.93. The highest BCUT2D eigenvalue weighted by Crippen LogP contribution is 2.31. The van der Waals surface area contributed by atoms with E-state index in [9.17, 15) is 14.0 Å². The maximum Gasteiger partial charge on any atom is 0.256 e. The minimum absolute atomic E-state index is 0.145. The predicted octanol–water partition coefficient (Wildman–Crippen LogP) is 2.12. The lowest BCUT2D eigenvalue weighted by atomic mass is 10.1. The second kappa shape index (κ2) is 8.60. The number of halogens is 2. The standard InChI is InChI=1S/C20H23FIN5O2/c1-2-17-24-18-15(11-22-25-18)19(28)23-7-3-4-8-26-12-13(21)10-14(20(26)29)16-6-5-9-27(16)17/h2,10-12,16,25H,1,3-9H2,(H,23,28)/t16-/m1/s1. The van der Waals surface area contributed by atoms with Gasteiger partial charge in [-0.05, 0) is 58.8 Å². The highest BCUT2D eigenvalue weighted by molar-refractivity contribution is 14.2. The fourth-order valence-electron chi connectivity index (χ4n) is 3.91. The fourth-order valence-corrected chi connectivity index (χ4v) is 5.66. The molecule has 1 fully saturated rings. The summed E-state index contributed by atoms with van der Waals surface area (Å²) in [6, 6.07) is 1.09. The van der Waals surface area contributed by atoms with Gasteiger partial charge in [-0.25, -0.2) is 9.38 Å². The maximum atomic E-state index is 14.3. The largest absolute Gasteiger partial charge is 0.352 e. The monoisotopic (exact) mass is 511 g/mol. The summed E-state index contributed by atoms with van der Waals surface area (Å²) in [6.45, 7) is 5.49. The number of fused-ring (bicyclic) bond motifs is 4. The number of hydrogen-bond acceptors (Lipinski definition) is 5. The van der Waals surface area contributed by atoms with Gasteiger partial charge in [0.05, 0.1) is 11.6 Å². The lowest BCUT2D eigenvalue weighted by molar-refractivity contribution is -0.117. The van der Waals surface area contributed by atoms with Crippen molar-refractivity contribution in [1.29, 1.82) is 0 Å². The molecule has 0 aliphatic carbocycles. The van der Waals surface area contributed by atoms with Crippen LogP contribution in [0.25, 0.3) is 0 Å². The highest BCUT2D eigenvalue weighted by atomic mass is 127. The van der Waals surface area contributed by atoms with Crippen molar-refractivity contribution in [2.24, 2.45) is 4.99 Å². The number of hydrogen-bond donors (Lipinski definition) is 2. The average molecular weight is 511 g/mol. The van der Waals surface area contributed by atoms with Crippen LogP contribution in [0.5, 0.6) is 0 Å². The number of rotatable bonds is 1. The van der Waals surface area contributed by atoms with Gasteiger partial charge < -0.3 is 18.3 Å². The molecule has 0 spiro atoms. The van der Waals surface area contributed by atoms with Crippen molar-refractivity contribution in [3.8, 4) is 0 Å². The van der Waals surface area contributed by atoms with Crippen LogP contribution in [0.4, 0.5) is 4.39 Å². The summed E-state index contributed by atoms with van der Waals surface area (Å²) in [6.07, 6.45) is 5.88.